The number of hydrogen-bond acceptors (Lipinski definition) is 4. The maximum Gasteiger partial charge on any atom is 0.160 e. The fourth-order valence-corrected chi connectivity index (χ4v) is 2.20. The molecule has 1 aromatic rings. The molecular weight excluding hydrogens is 256 g/mol. The van der Waals surface area contributed by atoms with Crippen LogP contribution in [0.2, 0.25) is 0 Å². The molecule has 0 saturated carbocycles. The van der Waals surface area contributed by atoms with Crippen LogP contribution in [0.25, 0.3) is 6.08 Å². The third-order valence-electron chi connectivity index (χ3n) is 3.40. The highest BCUT2D eigenvalue weighted by atomic mass is 16.5. The molecule has 0 saturated heterocycles. The lowest BCUT2D eigenvalue weighted by atomic mass is 9.96. The number of ketones is 1. The smallest absolute Gasteiger partial charge is 0.160 e. The van der Waals surface area contributed by atoms with E-state index in [-0.39, 0.29) is 18.5 Å². The van der Waals surface area contributed by atoms with Gasteiger partial charge in [0.05, 0.1) is 19.3 Å². The zero-order chi connectivity index (χ0) is 14.4. The lowest BCUT2D eigenvalue weighted by Crippen LogP contribution is -2.16. The first kappa shape index (κ1) is 14.8. The average Bonchev–Trinajstić information content (AvgIpc) is 2.47. The summed E-state index contributed by atoms with van der Waals surface area (Å²) in [7, 11) is 1.59. The van der Waals surface area contributed by atoms with Gasteiger partial charge in [-0.15, -0.1) is 0 Å². The Hall–Kier alpha value is -1.65. The van der Waals surface area contributed by atoms with Crippen molar-refractivity contribution in [1.82, 2.24) is 0 Å². The van der Waals surface area contributed by atoms with Crippen molar-refractivity contribution in [3.05, 3.63) is 35.4 Å². The Bertz CT molecular complexity index is 489. The molecule has 0 heterocycles. The molecule has 0 spiro atoms. The summed E-state index contributed by atoms with van der Waals surface area (Å²) in [6.45, 7) is 0.603. The number of rotatable bonds is 7. The number of methoxy groups -OCH3 is 1. The van der Waals surface area contributed by atoms with Gasteiger partial charge < -0.3 is 14.6 Å². The number of aliphatic hydroxyl groups is 1. The predicted octanol–water partition coefficient (Wildman–Crippen LogP) is 1.99. The van der Waals surface area contributed by atoms with Gasteiger partial charge >= 0.3 is 0 Å². The van der Waals surface area contributed by atoms with Crippen molar-refractivity contribution in [3.63, 3.8) is 0 Å². The molecule has 0 radical (unpaired) electrons. The van der Waals surface area contributed by atoms with Crippen molar-refractivity contribution < 1.29 is 19.4 Å². The highest BCUT2D eigenvalue weighted by Crippen LogP contribution is 2.23. The lowest BCUT2D eigenvalue weighted by molar-refractivity contribution is -0.114. The first-order valence-electron chi connectivity index (χ1n) is 6.83. The van der Waals surface area contributed by atoms with Gasteiger partial charge in [0, 0.05) is 13.5 Å². The number of hydrogen-bond donors (Lipinski definition) is 1. The number of benzene rings is 1. The fraction of sp³-hybridized carbons (Fsp3) is 0.438. The standard InChI is InChI=1S/C16H20O4/c1-19-16(11-17)3-2-8-20-15-7-5-12-4-6-14(18)9-13(12)10-15/h4-7,10,16-17H,2-3,8-9,11H2,1H3. The molecule has 1 aliphatic carbocycles. The van der Waals surface area contributed by atoms with Gasteiger partial charge in [0.15, 0.2) is 5.78 Å². The van der Waals surface area contributed by atoms with Gasteiger partial charge in [0.1, 0.15) is 5.75 Å². The van der Waals surface area contributed by atoms with E-state index >= 15 is 0 Å². The molecule has 1 aromatic carbocycles. The molecule has 0 bridgehead atoms. The molecule has 108 valence electrons. The molecule has 4 heteroatoms. The Balaban J connectivity index is 1.84. The molecule has 0 aromatic heterocycles. The molecule has 0 fully saturated rings. The number of fused-ring (bicyclic) bond motifs is 1. The number of carbonyl (C=O) groups is 1. The second-order valence-electron chi connectivity index (χ2n) is 4.87. The van der Waals surface area contributed by atoms with E-state index in [1.54, 1.807) is 13.2 Å². The number of carbonyl (C=O) groups excluding carboxylic acids is 1. The van der Waals surface area contributed by atoms with Crippen molar-refractivity contribution in [2.24, 2.45) is 0 Å². The summed E-state index contributed by atoms with van der Waals surface area (Å²) >= 11 is 0. The monoisotopic (exact) mass is 276 g/mol. The molecular formula is C16H20O4. The van der Waals surface area contributed by atoms with Crippen LogP contribution in [-0.2, 0) is 16.0 Å². The second-order valence-corrected chi connectivity index (χ2v) is 4.87. The molecule has 1 aliphatic rings. The van der Waals surface area contributed by atoms with Crippen molar-refractivity contribution in [2.45, 2.75) is 25.4 Å². The van der Waals surface area contributed by atoms with Crippen LogP contribution in [0.1, 0.15) is 24.0 Å². The number of aliphatic hydroxyl groups excluding tert-OH is 1. The van der Waals surface area contributed by atoms with E-state index in [1.807, 2.05) is 24.3 Å². The summed E-state index contributed by atoms with van der Waals surface area (Å²) in [5.41, 5.74) is 2.09. The van der Waals surface area contributed by atoms with E-state index < -0.39 is 0 Å². The zero-order valence-electron chi connectivity index (χ0n) is 11.7. The zero-order valence-corrected chi connectivity index (χ0v) is 11.7. The normalized spacial score (nSPS) is 15.0. The van der Waals surface area contributed by atoms with Crippen molar-refractivity contribution in [2.75, 3.05) is 20.3 Å². The quantitative estimate of drug-likeness (QED) is 0.774. The van der Waals surface area contributed by atoms with E-state index in [1.165, 1.54) is 0 Å². The van der Waals surface area contributed by atoms with Crippen LogP contribution in [0.4, 0.5) is 0 Å². The van der Waals surface area contributed by atoms with Gasteiger partial charge in [0.2, 0.25) is 0 Å². The largest absolute Gasteiger partial charge is 0.494 e. The summed E-state index contributed by atoms with van der Waals surface area (Å²) in [6.07, 6.45) is 5.36. The van der Waals surface area contributed by atoms with E-state index in [9.17, 15) is 4.79 Å². The highest BCUT2D eigenvalue weighted by Gasteiger charge is 2.11. The molecule has 0 amide bonds. The summed E-state index contributed by atoms with van der Waals surface area (Å²) in [5, 5.41) is 9.00. The first-order valence-corrected chi connectivity index (χ1v) is 6.83. The summed E-state index contributed by atoms with van der Waals surface area (Å²) < 4.78 is 10.8. The SMILES string of the molecule is COC(CO)CCCOc1ccc2c(c1)CC(=O)C=C2. The highest BCUT2D eigenvalue weighted by molar-refractivity contribution is 5.98. The fourth-order valence-electron chi connectivity index (χ4n) is 2.20. The van der Waals surface area contributed by atoms with Gasteiger partial charge in [-0.2, -0.15) is 0 Å². The number of allylic oxidation sites excluding steroid dienone is 1. The molecule has 4 nitrogen and oxygen atoms in total. The summed E-state index contributed by atoms with van der Waals surface area (Å²) in [5.74, 6) is 0.908. The Labute approximate surface area is 119 Å². The molecule has 1 unspecified atom stereocenters. The summed E-state index contributed by atoms with van der Waals surface area (Å²) in [6, 6.07) is 5.81. The maximum atomic E-state index is 11.4. The third kappa shape index (κ3) is 3.92. The molecule has 1 atom stereocenters. The Morgan fingerprint density at radius 3 is 2.95 bits per heavy atom. The predicted molar refractivity (Wildman–Crippen MR) is 76.8 cm³/mol. The second kappa shape index (κ2) is 7.22. The van der Waals surface area contributed by atoms with Crippen LogP contribution in [0, 0.1) is 0 Å². The minimum absolute atomic E-state index is 0.0315. The van der Waals surface area contributed by atoms with Crippen molar-refractivity contribution in [1.29, 1.82) is 0 Å². The average molecular weight is 276 g/mol. The van der Waals surface area contributed by atoms with Gasteiger partial charge in [-0.05, 0) is 42.2 Å². The lowest BCUT2D eigenvalue weighted by Gasteiger charge is -2.14. The van der Waals surface area contributed by atoms with Crippen LogP contribution in [0.3, 0.4) is 0 Å². The van der Waals surface area contributed by atoms with Crippen LogP contribution in [0.15, 0.2) is 24.3 Å². The van der Waals surface area contributed by atoms with E-state index in [4.69, 9.17) is 14.6 Å². The van der Waals surface area contributed by atoms with Crippen LogP contribution >= 0.6 is 0 Å². The van der Waals surface area contributed by atoms with Crippen LogP contribution < -0.4 is 4.74 Å². The van der Waals surface area contributed by atoms with Gasteiger partial charge in [-0.25, -0.2) is 0 Å². The van der Waals surface area contributed by atoms with Gasteiger partial charge in [-0.3, -0.25) is 4.79 Å². The molecule has 20 heavy (non-hydrogen) atoms. The number of ether oxygens (including phenoxy) is 2. The van der Waals surface area contributed by atoms with Gasteiger partial charge in [-0.1, -0.05) is 12.1 Å². The van der Waals surface area contributed by atoms with Crippen LogP contribution in [0.5, 0.6) is 5.75 Å². The minimum atomic E-state index is -0.120. The van der Waals surface area contributed by atoms with Crippen molar-refractivity contribution >= 4 is 11.9 Å². The minimum Gasteiger partial charge on any atom is -0.494 e. The Kier molecular flexibility index (Phi) is 5.32. The maximum absolute atomic E-state index is 11.4. The van der Waals surface area contributed by atoms with Crippen LogP contribution in [-0.4, -0.2) is 37.3 Å². The topological polar surface area (TPSA) is 55.8 Å². The van der Waals surface area contributed by atoms with Crippen molar-refractivity contribution in [3.8, 4) is 5.75 Å². The third-order valence-corrected chi connectivity index (χ3v) is 3.40. The first-order chi connectivity index (χ1) is 9.72. The summed E-state index contributed by atoms with van der Waals surface area (Å²) in [4.78, 5) is 11.4. The Morgan fingerprint density at radius 2 is 2.20 bits per heavy atom. The van der Waals surface area contributed by atoms with E-state index in [0.29, 0.717) is 13.0 Å². The van der Waals surface area contributed by atoms with Gasteiger partial charge in [0.25, 0.3) is 0 Å². The Morgan fingerprint density at radius 1 is 1.35 bits per heavy atom. The molecule has 0 aliphatic heterocycles. The van der Waals surface area contributed by atoms with E-state index in [2.05, 4.69) is 0 Å². The molecule has 1 N–H and O–H groups in total. The van der Waals surface area contributed by atoms with E-state index in [0.717, 1.165) is 29.7 Å². The molecule has 2 rings (SSSR count).